The Labute approximate surface area is 210 Å². The number of aromatic nitrogens is 2. The Hall–Kier alpha value is -3.60. The molecule has 1 aliphatic carbocycles. The molecule has 4 aromatic rings. The standard InChI is InChI=1S/C26H23FN4O4S/c27-18-12-17(31-26(32)30-16-3-4-16)5-7-21(18)35-22-8-9-28-20-13-23(36-24(20)22)19-6-2-15(14-29-19)25-33-10-1-11-34-25/h2,5-9,12-14,16,25H,1,3-4,10-11H2,(H2,30,31,32). The van der Waals surface area contributed by atoms with Crippen molar-refractivity contribution >= 4 is 33.3 Å². The Morgan fingerprint density at radius 1 is 1.06 bits per heavy atom. The summed E-state index contributed by atoms with van der Waals surface area (Å²) >= 11 is 1.47. The highest BCUT2D eigenvalue weighted by Gasteiger charge is 2.23. The second kappa shape index (κ2) is 9.81. The number of hydrogen-bond donors (Lipinski definition) is 2. The number of nitrogens with zero attached hydrogens (tertiary/aromatic N) is 2. The van der Waals surface area contributed by atoms with Crippen LogP contribution in [0.4, 0.5) is 14.9 Å². The highest BCUT2D eigenvalue weighted by atomic mass is 32.1. The van der Waals surface area contributed by atoms with Gasteiger partial charge in [-0.3, -0.25) is 9.97 Å². The molecule has 3 aromatic heterocycles. The number of fused-ring (bicyclic) bond motifs is 1. The van der Waals surface area contributed by atoms with E-state index in [2.05, 4.69) is 20.6 Å². The fraction of sp³-hybridized carbons (Fsp3) is 0.269. The molecule has 2 fully saturated rings. The smallest absolute Gasteiger partial charge is 0.319 e. The molecule has 8 nitrogen and oxygen atoms in total. The first-order valence-electron chi connectivity index (χ1n) is 11.8. The summed E-state index contributed by atoms with van der Waals surface area (Å²) in [4.78, 5) is 21.8. The monoisotopic (exact) mass is 506 g/mol. The Morgan fingerprint density at radius 2 is 1.92 bits per heavy atom. The van der Waals surface area contributed by atoms with Crippen LogP contribution in [0.15, 0.2) is 54.9 Å². The van der Waals surface area contributed by atoms with Crippen molar-refractivity contribution in [1.82, 2.24) is 15.3 Å². The normalized spacial score (nSPS) is 16.1. The van der Waals surface area contributed by atoms with Crippen LogP contribution in [0.25, 0.3) is 20.8 Å². The van der Waals surface area contributed by atoms with Crippen molar-refractivity contribution in [3.63, 3.8) is 0 Å². The zero-order valence-electron chi connectivity index (χ0n) is 19.2. The second-order valence-electron chi connectivity index (χ2n) is 8.66. The van der Waals surface area contributed by atoms with Crippen LogP contribution in [0.3, 0.4) is 0 Å². The lowest BCUT2D eigenvalue weighted by atomic mass is 10.2. The fourth-order valence-electron chi connectivity index (χ4n) is 3.85. The van der Waals surface area contributed by atoms with Crippen LogP contribution in [0, 0.1) is 5.82 Å². The van der Waals surface area contributed by atoms with E-state index in [1.54, 1.807) is 24.5 Å². The molecule has 4 heterocycles. The molecule has 0 spiro atoms. The van der Waals surface area contributed by atoms with E-state index < -0.39 is 5.82 Å². The summed E-state index contributed by atoms with van der Waals surface area (Å²) < 4.78 is 32.8. The van der Waals surface area contributed by atoms with Gasteiger partial charge in [0.05, 0.1) is 34.0 Å². The number of pyridine rings is 2. The third-order valence-electron chi connectivity index (χ3n) is 5.84. The van der Waals surface area contributed by atoms with Gasteiger partial charge in [0.2, 0.25) is 0 Å². The van der Waals surface area contributed by atoms with E-state index >= 15 is 0 Å². The lowest BCUT2D eigenvalue weighted by Gasteiger charge is -2.23. The number of carbonyl (C=O) groups is 1. The zero-order valence-corrected chi connectivity index (χ0v) is 20.0. The van der Waals surface area contributed by atoms with Crippen LogP contribution >= 0.6 is 11.3 Å². The molecule has 0 bridgehead atoms. The van der Waals surface area contributed by atoms with E-state index in [9.17, 15) is 9.18 Å². The summed E-state index contributed by atoms with van der Waals surface area (Å²) in [5, 5.41) is 5.45. The minimum Gasteiger partial charge on any atom is -0.453 e. The number of anilines is 1. The molecule has 1 saturated heterocycles. The highest BCUT2D eigenvalue weighted by molar-refractivity contribution is 7.22. The van der Waals surface area contributed by atoms with Crippen molar-refractivity contribution in [2.45, 2.75) is 31.6 Å². The first-order chi connectivity index (χ1) is 17.6. The highest BCUT2D eigenvalue weighted by Crippen LogP contribution is 2.39. The first kappa shape index (κ1) is 22.8. The maximum Gasteiger partial charge on any atom is 0.319 e. The second-order valence-corrected chi connectivity index (χ2v) is 9.71. The van der Waals surface area contributed by atoms with Crippen LogP contribution in [-0.2, 0) is 9.47 Å². The topological polar surface area (TPSA) is 94.6 Å². The predicted molar refractivity (Wildman–Crippen MR) is 134 cm³/mol. The van der Waals surface area contributed by atoms with Crippen molar-refractivity contribution < 1.29 is 23.4 Å². The summed E-state index contributed by atoms with van der Waals surface area (Å²) in [6.07, 6.45) is 5.85. The molecule has 2 amide bonds. The number of rotatable bonds is 6. The summed E-state index contributed by atoms with van der Waals surface area (Å²) in [7, 11) is 0. The van der Waals surface area contributed by atoms with Crippen LogP contribution in [0.1, 0.15) is 31.1 Å². The molecule has 6 rings (SSSR count). The number of carbonyl (C=O) groups excluding carboxylic acids is 1. The molecule has 1 aromatic carbocycles. The Bertz CT molecular complexity index is 1400. The third-order valence-corrected chi connectivity index (χ3v) is 7.00. The number of amides is 2. The summed E-state index contributed by atoms with van der Waals surface area (Å²) in [5.41, 5.74) is 2.75. The molecule has 0 unspecified atom stereocenters. The summed E-state index contributed by atoms with van der Waals surface area (Å²) in [6, 6.07) is 11.7. The van der Waals surface area contributed by atoms with E-state index in [4.69, 9.17) is 14.2 Å². The van der Waals surface area contributed by atoms with Crippen LogP contribution < -0.4 is 15.4 Å². The lowest BCUT2D eigenvalue weighted by molar-refractivity contribution is -0.183. The van der Waals surface area contributed by atoms with E-state index in [1.807, 2.05) is 18.2 Å². The van der Waals surface area contributed by atoms with E-state index in [-0.39, 0.29) is 24.1 Å². The Kier molecular flexibility index (Phi) is 6.22. The van der Waals surface area contributed by atoms with E-state index in [1.165, 1.54) is 23.5 Å². The van der Waals surface area contributed by atoms with Crippen molar-refractivity contribution in [3.8, 4) is 22.1 Å². The minimum atomic E-state index is -0.578. The number of nitrogens with one attached hydrogen (secondary N) is 2. The van der Waals surface area contributed by atoms with Gasteiger partial charge in [0, 0.05) is 41.8 Å². The van der Waals surface area contributed by atoms with Gasteiger partial charge in [0.1, 0.15) is 5.75 Å². The third kappa shape index (κ3) is 5.01. The number of ether oxygens (including phenoxy) is 3. The SMILES string of the molecule is O=C(Nc1ccc(Oc2ccnc3cc(-c4ccc(C5OCCCO5)cn4)sc23)c(F)c1)NC1CC1. The average molecular weight is 507 g/mol. The van der Waals surface area contributed by atoms with Gasteiger partial charge in [-0.2, -0.15) is 0 Å². The summed E-state index contributed by atoms with van der Waals surface area (Å²) in [6.45, 7) is 1.35. The Morgan fingerprint density at radius 3 is 2.67 bits per heavy atom. The predicted octanol–water partition coefficient (Wildman–Crippen LogP) is 6.01. The quantitative estimate of drug-likeness (QED) is 0.333. The molecule has 0 radical (unpaired) electrons. The summed E-state index contributed by atoms with van der Waals surface area (Å²) in [5.74, 6) is -0.0334. The molecule has 184 valence electrons. The molecule has 0 atom stereocenters. The van der Waals surface area contributed by atoms with Crippen LogP contribution in [-0.4, -0.2) is 35.3 Å². The van der Waals surface area contributed by atoms with Gasteiger partial charge in [-0.15, -0.1) is 11.3 Å². The van der Waals surface area contributed by atoms with Crippen LogP contribution in [0.5, 0.6) is 11.5 Å². The lowest BCUT2D eigenvalue weighted by Crippen LogP contribution is -2.30. The molecule has 1 aliphatic heterocycles. The van der Waals surface area contributed by atoms with Crippen LogP contribution in [0.2, 0.25) is 0 Å². The number of hydrogen-bond acceptors (Lipinski definition) is 7. The molecular formula is C26H23FN4O4S. The Balaban J connectivity index is 1.20. The van der Waals surface area contributed by atoms with Gasteiger partial charge in [-0.1, -0.05) is 6.07 Å². The number of thiophene rings is 1. The van der Waals surface area contributed by atoms with Gasteiger partial charge < -0.3 is 24.8 Å². The maximum atomic E-state index is 14.8. The maximum absolute atomic E-state index is 14.8. The minimum absolute atomic E-state index is 0.0561. The van der Waals surface area contributed by atoms with Crippen molar-refractivity contribution in [2.24, 2.45) is 0 Å². The fourth-order valence-corrected chi connectivity index (χ4v) is 4.89. The van der Waals surface area contributed by atoms with Gasteiger partial charge in [-0.25, -0.2) is 9.18 Å². The van der Waals surface area contributed by atoms with E-state index in [0.717, 1.165) is 45.6 Å². The van der Waals surface area contributed by atoms with Gasteiger partial charge >= 0.3 is 6.03 Å². The molecule has 36 heavy (non-hydrogen) atoms. The van der Waals surface area contributed by atoms with Crippen molar-refractivity contribution in [3.05, 3.63) is 66.2 Å². The molecule has 1 saturated carbocycles. The van der Waals surface area contributed by atoms with Gasteiger partial charge in [-0.05, 0) is 43.5 Å². The molecule has 2 N–H and O–H groups in total. The zero-order chi connectivity index (χ0) is 24.5. The van der Waals surface area contributed by atoms with Gasteiger partial charge in [0.15, 0.2) is 17.9 Å². The van der Waals surface area contributed by atoms with Crippen molar-refractivity contribution in [2.75, 3.05) is 18.5 Å². The average Bonchev–Trinajstić information content (AvgIpc) is 3.60. The van der Waals surface area contributed by atoms with E-state index in [0.29, 0.717) is 24.7 Å². The van der Waals surface area contributed by atoms with Gasteiger partial charge in [0.25, 0.3) is 0 Å². The van der Waals surface area contributed by atoms with Crippen molar-refractivity contribution in [1.29, 1.82) is 0 Å². The first-order valence-corrected chi connectivity index (χ1v) is 12.6. The molecular weight excluding hydrogens is 483 g/mol. The molecule has 10 heteroatoms. The molecule has 2 aliphatic rings. The largest absolute Gasteiger partial charge is 0.453 e. The number of benzene rings is 1. The number of urea groups is 1. The number of halogens is 1.